The number of likely N-dealkylation sites (N-methyl/N-ethyl adjacent to an activating group) is 1. The van der Waals surface area contributed by atoms with E-state index >= 15 is 0 Å². The monoisotopic (exact) mass is 377 g/mol. The molecule has 0 radical (unpaired) electrons. The van der Waals surface area contributed by atoms with Crippen molar-refractivity contribution in [3.63, 3.8) is 0 Å². The van der Waals surface area contributed by atoms with Crippen LogP contribution in [-0.2, 0) is 19.6 Å². The highest BCUT2D eigenvalue weighted by Gasteiger charge is 2.17. The van der Waals surface area contributed by atoms with Crippen LogP contribution in [0.4, 0.5) is 0 Å². The molecule has 0 bridgehead atoms. The summed E-state index contributed by atoms with van der Waals surface area (Å²) in [6.07, 6.45) is -0.0590. The summed E-state index contributed by atoms with van der Waals surface area (Å²) in [5.41, 5.74) is 0. The van der Waals surface area contributed by atoms with Gasteiger partial charge in [-0.3, -0.25) is 9.59 Å². The van der Waals surface area contributed by atoms with Crippen molar-refractivity contribution in [2.24, 2.45) is 0 Å². The van der Waals surface area contributed by atoms with Crippen LogP contribution in [0, 0.1) is 0 Å². The molecular weight excluding hydrogens is 354 g/mol. The SMILES string of the molecule is CCNC(=O)C(C)NC(=O)CCNS(=O)(=O)c1ccc2ccccc2c1. The van der Waals surface area contributed by atoms with Crippen LogP contribution >= 0.6 is 0 Å². The molecule has 0 aliphatic carbocycles. The van der Waals surface area contributed by atoms with Gasteiger partial charge in [-0.2, -0.15) is 0 Å². The van der Waals surface area contributed by atoms with Crippen LogP contribution in [-0.4, -0.2) is 39.4 Å². The molecule has 2 amide bonds. The minimum Gasteiger partial charge on any atom is -0.355 e. The second kappa shape index (κ2) is 8.77. The Morgan fingerprint density at radius 2 is 1.77 bits per heavy atom. The lowest BCUT2D eigenvalue weighted by molar-refractivity contribution is -0.128. The zero-order chi connectivity index (χ0) is 19.2. The standard InChI is InChI=1S/C18H23N3O4S/c1-3-19-18(23)13(2)21-17(22)10-11-20-26(24,25)16-9-8-14-6-4-5-7-15(14)12-16/h4-9,12-13,20H,3,10-11H2,1-2H3,(H,19,23)(H,21,22). The van der Waals surface area contributed by atoms with E-state index in [1.807, 2.05) is 24.3 Å². The number of carbonyl (C=O) groups excluding carboxylic acids is 2. The first kappa shape index (κ1) is 19.9. The predicted molar refractivity (Wildman–Crippen MR) is 100 cm³/mol. The van der Waals surface area contributed by atoms with Gasteiger partial charge in [0, 0.05) is 19.5 Å². The second-order valence-electron chi connectivity index (χ2n) is 5.84. The quantitative estimate of drug-likeness (QED) is 0.642. The van der Waals surface area contributed by atoms with Crippen molar-refractivity contribution < 1.29 is 18.0 Å². The third-order valence-corrected chi connectivity index (χ3v) is 5.26. The molecule has 0 aliphatic rings. The molecule has 0 spiro atoms. The molecule has 0 aromatic heterocycles. The maximum Gasteiger partial charge on any atom is 0.242 e. The third-order valence-electron chi connectivity index (χ3n) is 3.80. The van der Waals surface area contributed by atoms with E-state index in [0.717, 1.165) is 10.8 Å². The molecule has 0 heterocycles. The van der Waals surface area contributed by atoms with Crippen molar-refractivity contribution in [2.75, 3.05) is 13.1 Å². The minimum absolute atomic E-state index is 0.0525. The third kappa shape index (κ3) is 5.27. The van der Waals surface area contributed by atoms with Crippen molar-refractivity contribution in [3.05, 3.63) is 42.5 Å². The Morgan fingerprint density at radius 3 is 2.46 bits per heavy atom. The Morgan fingerprint density at radius 1 is 1.08 bits per heavy atom. The fourth-order valence-electron chi connectivity index (χ4n) is 2.42. The molecule has 8 heteroatoms. The van der Waals surface area contributed by atoms with Crippen molar-refractivity contribution >= 4 is 32.6 Å². The van der Waals surface area contributed by atoms with Gasteiger partial charge in [0.2, 0.25) is 21.8 Å². The molecule has 0 saturated carbocycles. The molecular formula is C18H23N3O4S. The summed E-state index contributed by atoms with van der Waals surface area (Å²) in [5, 5.41) is 6.90. The van der Waals surface area contributed by atoms with Crippen molar-refractivity contribution in [3.8, 4) is 0 Å². The lowest BCUT2D eigenvalue weighted by Crippen LogP contribution is -2.45. The van der Waals surface area contributed by atoms with Crippen LogP contribution in [0.25, 0.3) is 10.8 Å². The van der Waals surface area contributed by atoms with Crippen molar-refractivity contribution in [1.82, 2.24) is 15.4 Å². The van der Waals surface area contributed by atoms with Gasteiger partial charge in [0.05, 0.1) is 4.90 Å². The number of benzene rings is 2. The molecule has 7 nitrogen and oxygen atoms in total. The molecule has 0 aliphatic heterocycles. The summed E-state index contributed by atoms with van der Waals surface area (Å²) in [7, 11) is -3.71. The average molecular weight is 377 g/mol. The Kier molecular flexibility index (Phi) is 6.70. The maximum absolute atomic E-state index is 12.4. The summed E-state index contributed by atoms with van der Waals surface area (Å²) >= 11 is 0. The van der Waals surface area contributed by atoms with E-state index in [1.54, 1.807) is 26.0 Å². The van der Waals surface area contributed by atoms with E-state index in [9.17, 15) is 18.0 Å². The number of carbonyl (C=O) groups is 2. The number of amides is 2. The number of rotatable bonds is 8. The summed E-state index contributed by atoms with van der Waals surface area (Å²) in [6.45, 7) is 3.78. The van der Waals surface area contributed by atoms with Crippen LogP contribution in [0.1, 0.15) is 20.3 Å². The summed E-state index contributed by atoms with van der Waals surface area (Å²) < 4.78 is 27.1. The van der Waals surface area contributed by atoms with E-state index in [1.165, 1.54) is 6.07 Å². The predicted octanol–water partition coefficient (Wildman–Crippen LogP) is 1.15. The minimum atomic E-state index is -3.71. The number of hydrogen-bond donors (Lipinski definition) is 3. The molecule has 0 saturated heterocycles. The molecule has 2 rings (SSSR count). The summed E-state index contributed by atoms with van der Waals surface area (Å²) in [4.78, 5) is 23.5. The van der Waals surface area contributed by atoms with E-state index < -0.39 is 22.0 Å². The molecule has 3 N–H and O–H groups in total. The van der Waals surface area contributed by atoms with Crippen molar-refractivity contribution in [2.45, 2.75) is 31.2 Å². The Balaban J connectivity index is 1.91. The highest BCUT2D eigenvalue weighted by Crippen LogP contribution is 2.18. The van der Waals surface area contributed by atoms with Gasteiger partial charge in [0.1, 0.15) is 6.04 Å². The van der Waals surface area contributed by atoms with Crippen molar-refractivity contribution in [1.29, 1.82) is 0 Å². The van der Waals surface area contributed by atoms with E-state index in [4.69, 9.17) is 0 Å². The molecule has 2 aromatic carbocycles. The Labute approximate surface area is 153 Å². The van der Waals surface area contributed by atoms with Gasteiger partial charge >= 0.3 is 0 Å². The van der Waals surface area contributed by atoms with E-state index in [2.05, 4.69) is 15.4 Å². The number of nitrogens with one attached hydrogen (secondary N) is 3. The molecule has 1 unspecified atom stereocenters. The zero-order valence-corrected chi connectivity index (χ0v) is 15.6. The van der Waals surface area contributed by atoms with Gasteiger partial charge in [-0.05, 0) is 36.8 Å². The van der Waals surface area contributed by atoms with Crippen LogP contribution < -0.4 is 15.4 Å². The second-order valence-corrected chi connectivity index (χ2v) is 7.61. The van der Waals surface area contributed by atoms with Gasteiger partial charge in [-0.1, -0.05) is 30.3 Å². The van der Waals surface area contributed by atoms with Gasteiger partial charge < -0.3 is 10.6 Å². The smallest absolute Gasteiger partial charge is 0.242 e. The fourth-order valence-corrected chi connectivity index (χ4v) is 3.49. The molecule has 0 fully saturated rings. The highest BCUT2D eigenvalue weighted by atomic mass is 32.2. The molecule has 26 heavy (non-hydrogen) atoms. The summed E-state index contributed by atoms with van der Waals surface area (Å²) in [5.74, 6) is -0.678. The average Bonchev–Trinajstić information content (AvgIpc) is 2.61. The topological polar surface area (TPSA) is 104 Å². The Bertz CT molecular complexity index is 896. The lowest BCUT2D eigenvalue weighted by Gasteiger charge is -2.13. The van der Waals surface area contributed by atoms with E-state index in [0.29, 0.717) is 6.54 Å². The van der Waals surface area contributed by atoms with Crippen LogP contribution in [0.3, 0.4) is 0 Å². The van der Waals surface area contributed by atoms with Crippen LogP contribution in [0.15, 0.2) is 47.4 Å². The number of sulfonamides is 1. The highest BCUT2D eigenvalue weighted by molar-refractivity contribution is 7.89. The maximum atomic E-state index is 12.4. The Hall–Kier alpha value is -2.45. The van der Waals surface area contributed by atoms with Gasteiger partial charge in [0.15, 0.2) is 0 Å². The first-order chi connectivity index (χ1) is 12.3. The first-order valence-corrected chi connectivity index (χ1v) is 9.87. The molecule has 1 atom stereocenters. The zero-order valence-electron chi connectivity index (χ0n) is 14.8. The fraction of sp³-hybridized carbons (Fsp3) is 0.333. The van der Waals surface area contributed by atoms with Crippen LogP contribution in [0.2, 0.25) is 0 Å². The number of hydrogen-bond acceptors (Lipinski definition) is 4. The first-order valence-electron chi connectivity index (χ1n) is 8.39. The van der Waals surface area contributed by atoms with Gasteiger partial charge in [0.25, 0.3) is 0 Å². The number of fused-ring (bicyclic) bond motifs is 1. The lowest BCUT2D eigenvalue weighted by atomic mass is 10.1. The van der Waals surface area contributed by atoms with Gasteiger partial charge in [-0.25, -0.2) is 13.1 Å². The van der Waals surface area contributed by atoms with Crippen LogP contribution in [0.5, 0.6) is 0 Å². The molecule has 2 aromatic rings. The van der Waals surface area contributed by atoms with E-state index in [-0.39, 0.29) is 23.8 Å². The summed E-state index contributed by atoms with van der Waals surface area (Å²) in [6, 6.07) is 11.7. The normalized spacial score (nSPS) is 12.5. The largest absolute Gasteiger partial charge is 0.355 e. The molecule has 140 valence electrons. The van der Waals surface area contributed by atoms with Gasteiger partial charge in [-0.15, -0.1) is 0 Å².